The number of carbonyl (C=O) groups is 1. The van der Waals surface area contributed by atoms with Crippen LogP contribution in [0.25, 0.3) is 11.0 Å². The Kier molecular flexibility index (Phi) is 8.70. The normalized spacial score (nSPS) is 16.4. The molecule has 3 aromatic carbocycles. The highest BCUT2D eigenvalue weighted by Crippen LogP contribution is 2.27. The van der Waals surface area contributed by atoms with Crippen molar-refractivity contribution in [2.75, 3.05) is 26.2 Å². The number of benzene rings is 3. The van der Waals surface area contributed by atoms with E-state index in [-0.39, 0.29) is 23.7 Å². The molecule has 218 valence electrons. The number of piperidine rings is 2. The fourth-order valence-corrected chi connectivity index (χ4v) is 6.81. The molecule has 8 heteroatoms. The summed E-state index contributed by atoms with van der Waals surface area (Å²) in [5.41, 5.74) is 4.35. The average Bonchev–Trinajstić information content (AvgIpc) is 3.32. The first-order valence-electron chi connectivity index (χ1n) is 15.2. The summed E-state index contributed by atoms with van der Waals surface area (Å²) in [4.78, 5) is 30.2. The lowest BCUT2D eigenvalue weighted by atomic mass is 9.99. The van der Waals surface area contributed by atoms with Crippen LogP contribution in [0.4, 0.5) is 0 Å². The topological polar surface area (TPSA) is 62.5 Å². The molecule has 1 amide bonds. The van der Waals surface area contributed by atoms with Gasteiger partial charge >= 0.3 is 5.69 Å². The van der Waals surface area contributed by atoms with E-state index < -0.39 is 0 Å². The third-order valence-corrected chi connectivity index (χ3v) is 9.13. The van der Waals surface area contributed by atoms with Crippen molar-refractivity contribution >= 4 is 34.3 Å². The number of likely N-dealkylation sites (tertiary alicyclic amines) is 2. The van der Waals surface area contributed by atoms with Gasteiger partial charge in [0.05, 0.1) is 17.1 Å². The Labute approximate surface area is 252 Å². The quantitative estimate of drug-likeness (QED) is 0.278. The standard InChI is InChI=1S/C34H39N5O2S/c40-31-18-9-10-21-36(31)22-11-23-38-29-16-7-8-17-30(29)39(34(38)41)28-19-24-37(25-20-28)33(42)35-32(26-12-3-1-4-13-26)27-14-5-2-6-15-27/h1-8,12-17,28,32H,9-11,18-25H2,(H,35,42). The zero-order valence-electron chi connectivity index (χ0n) is 24.0. The minimum absolute atomic E-state index is 0.0292. The Morgan fingerprint density at radius 1 is 0.786 bits per heavy atom. The lowest BCUT2D eigenvalue weighted by Crippen LogP contribution is -2.46. The van der Waals surface area contributed by atoms with Crippen molar-refractivity contribution in [3.05, 3.63) is 107 Å². The van der Waals surface area contributed by atoms with Gasteiger partial charge in [0.25, 0.3) is 0 Å². The zero-order chi connectivity index (χ0) is 28.9. The summed E-state index contributed by atoms with van der Waals surface area (Å²) < 4.78 is 3.92. The highest BCUT2D eigenvalue weighted by molar-refractivity contribution is 7.80. The summed E-state index contributed by atoms with van der Waals surface area (Å²) >= 11 is 5.94. The third kappa shape index (κ3) is 6.00. The molecule has 1 N–H and O–H groups in total. The van der Waals surface area contributed by atoms with E-state index in [4.69, 9.17) is 12.2 Å². The largest absolute Gasteiger partial charge is 0.352 e. The second kappa shape index (κ2) is 12.9. The molecule has 0 unspecified atom stereocenters. The number of hydrogen-bond acceptors (Lipinski definition) is 3. The molecular weight excluding hydrogens is 542 g/mol. The monoisotopic (exact) mass is 581 g/mol. The minimum atomic E-state index is -0.0292. The van der Waals surface area contributed by atoms with E-state index in [1.54, 1.807) is 0 Å². The van der Waals surface area contributed by atoms with Crippen molar-refractivity contribution in [2.45, 2.75) is 57.2 Å². The van der Waals surface area contributed by atoms with Crippen LogP contribution in [0.2, 0.25) is 0 Å². The third-order valence-electron chi connectivity index (χ3n) is 8.75. The maximum Gasteiger partial charge on any atom is 0.329 e. The number of nitrogens with one attached hydrogen (secondary N) is 1. The Bertz CT molecular complexity index is 1530. The molecule has 0 radical (unpaired) electrons. The van der Waals surface area contributed by atoms with Crippen LogP contribution in [0, 0.1) is 0 Å². The fraction of sp³-hybridized carbons (Fsp3) is 0.382. The molecule has 3 heterocycles. The Balaban J connectivity index is 1.14. The first-order valence-corrected chi connectivity index (χ1v) is 15.6. The van der Waals surface area contributed by atoms with Crippen LogP contribution < -0.4 is 11.0 Å². The number of rotatable bonds is 8. The van der Waals surface area contributed by atoms with Crippen molar-refractivity contribution in [2.24, 2.45) is 0 Å². The van der Waals surface area contributed by atoms with Crippen LogP contribution in [0.1, 0.15) is 61.7 Å². The van der Waals surface area contributed by atoms with Gasteiger partial charge in [-0.25, -0.2) is 4.79 Å². The van der Waals surface area contributed by atoms with Gasteiger partial charge < -0.3 is 15.1 Å². The lowest BCUT2D eigenvalue weighted by Gasteiger charge is -2.35. The van der Waals surface area contributed by atoms with Crippen LogP contribution in [0.15, 0.2) is 89.7 Å². The molecule has 0 saturated carbocycles. The number of nitrogens with zero attached hydrogens (tertiary/aromatic N) is 4. The van der Waals surface area contributed by atoms with E-state index in [9.17, 15) is 9.59 Å². The molecule has 2 aliphatic heterocycles. The molecule has 7 nitrogen and oxygen atoms in total. The Morgan fingerprint density at radius 2 is 1.40 bits per heavy atom. The summed E-state index contributed by atoms with van der Waals surface area (Å²) in [6, 6.07) is 29.0. The molecule has 2 aliphatic rings. The van der Waals surface area contributed by atoms with E-state index in [2.05, 4.69) is 64.8 Å². The highest BCUT2D eigenvalue weighted by Gasteiger charge is 2.27. The minimum Gasteiger partial charge on any atom is -0.352 e. The predicted octanol–water partition coefficient (Wildman–Crippen LogP) is 5.51. The SMILES string of the molecule is O=C1CCCCN1CCCn1c(=O)n(C2CCN(C(=S)NC(c3ccccc3)c3ccccc3)CC2)c2ccccc21. The summed E-state index contributed by atoms with van der Waals surface area (Å²) in [6.07, 6.45) is 5.18. The van der Waals surface area contributed by atoms with Gasteiger partial charge in [-0.1, -0.05) is 72.8 Å². The van der Waals surface area contributed by atoms with Crippen LogP contribution in [0.3, 0.4) is 0 Å². The number of hydrogen-bond donors (Lipinski definition) is 1. The number of amides is 1. The van der Waals surface area contributed by atoms with E-state index in [0.717, 1.165) is 67.9 Å². The Hall–Kier alpha value is -3.91. The van der Waals surface area contributed by atoms with Crippen molar-refractivity contribution < 1.29 is 4.79 Å². The second-order valence-corrected chi connectivity index (χ2v) is 11.8. The average molecular weight is 582 g/mol. The van der Waals surface area contributed by atoms with Crippen LogP contribution in [0.5, 0.6) is 0 Å². The second-order valence-electron chi connectivity index (χ2n) is 11.4. The van der Waals surface area contributed by atoms with Crippen molar-refractivity contribution in [3.63, 3.8) is 0 Å². The molecular formula is C34H39N5O2S. The summed E-state index contributed by atoms with van der Waals surface area (Å²) in [6.45, 7) is 3.73. The molecule has 0 spiro atoms. The number of carbonyl (C=O) groups excluding carboxylic acids is 1. The summed E-state index contributed by atoms with van der Waals surface area (Å²) in [5, 5.41) is 4.37. The molecule has 0 bridgehead atoms. The van der Waals surface area contributed by atoms with Gasteiger partial charge in [-0.05, 0) is 67.6 Å². The van der Waals surface area contributed by atoms with Crippen LogP contribution >= 0.6 is 12.2 Å². The molecule has 2 fully saturated rings. The molecule has 1 aromatic heterocycles. The van der Waals surface area contributed by atoms with Gasteiger partial charge in [0.1, 0.15) is 0 Å². The van der Waals surface area contributed by atoms with Gasteiger partial charge in [0, 0.05) is 45.2 Å². The van der Waals surface area contributed by atoms with E-state index in [1.165, 1.54) is 11.1 Å². The maximum atomic E-state index is 13.8. The first-order chi connectivity index (χ1) is 20.6. The molecule has 2 saturated heterocycles. The molecule has 6 rings (SSSR count). The Morgan fingerprint density at radius 3 is 2.05 bits per heavy atom. The zero-order valence-corrected chi connectivity index (χ0v) is 24.8. The van der Waals surface area contributed by atoms with Crippen molar-refractivity contribution in [1.82, 2.24) is 24.3 Å². The molecule has 4 aromatic rings. The maximum absolute atomic E-state index is 13.8. The van der Waals surface area contributed by atoms with E-state index in [1.807, 2.05) is 44.4 Å². The first kappa shape index (κ1) is 28.2. The number of imidazole rings is 1. The van der Waals surface area contributed by atoms with Crippen molar-refractivity contribution in [1.29, 1.82) is 0 Å². The number of aromatic nitrogens is 2. The van der Waals surface area contributed by atoms with Gasteiger partial charge in [-0.2, -0.15) is 0 Å². The molecule has 42 heavy (non-hydrogen) atoms. The van der Waals surface area contributed by atoms with Crippen molar-refractivity contribution in [3.8, 4) is 0 Å². The number of aryl methyl sites for hydroxylation is 1. The predicted molar refractivity (Wildman–Crippen MR) is 172 cm³/mol. The smallest absolute Gasteiger partial charge is 0.329 e. The van der Waals surface area contributed by atoms with Gasteiger partial charge in [-0.15, -0.1) is 0 Å². The number of thiocarbonyl (C=S) groups is 1. The fourth-order valence-electron chi connectivity index (χ4n) is 6.51. The van der Waals surface area contributed by atoms with Crippen LogP contribution in [-0.4, -0.2) is 56.1 Å². The van der Waals surface area contributed by atoms with Gasteiger partial charge in [0.2, 0.25) is 5.91 Å². The van der Waals surface area contributed by atoms with E-state index >= 15 is 0 Å². The number of para-hydroxylation sites is 2. The van der Waals surface area contributed by atoms with Gasteiger partial charge in [0.15, 0.2) is 5.11 Å². The van der Waals surface area contributed by atoms with Gasteiger partial charge in [-0.3, -0.25) is 13.9 Å². The highest BCUT2D eigenvalue weighted by atomic mass is 32.1. The summed E-state index contributed by atoms with van der Waals surface area (Å²) in [7, 11) is 0. The molecule has 0 aliphatic carbocycles. The van der Waals surface area contributed by atoms with E-state index in [0.29, 0.717) is 19.5 Å². The molecule has 0 atom stereocenters. The summed E-state index contributed by atoms with van der Waals surface area (Å²) in [5.74, 6) is 0.244. The number of fused-ring (bicyclic) bond motifs is 1. The van der Waals surface area contributed by atoms with Crippen LogP contribution in [-0.2, 0) is 11.3 Å². The lowest BCUT2D eigenvalue weighted by molar-refractivity contribution is -0.133.